The summed E-state index contributed by atoms with van der Waals surface area (Å²) in [5.74, 6) is -1.89. The minimum absolute atomic E-state index is 0.276. The van der Waals surface area contributed by atoms with Crippen molar-refractivity contribution >= 4 is 29.4 Å². The van der Waals surface area contributed by atoms with Gasteiger partial charge in [-0.15, -0.1) is 0 Å². The SMILES string of the molecule is CCCCOC(=O)c1ccc(NC(=O)COC(=O)CNC(=O)c2ccccc2OC)cc1. The Morgan fingerprint density at radius 1 is 0.938 bits per heavy atom. The van der Waals surface area contributed by atoms with Gasteiger partial charge >= 0.3 is 11.9 Å². The van der Waals surface area contributed by atoms with E-state index in [1.807, 2.05) is 6.92 Å². The first-order valence-electron chi connectivity index (χ1n) is 10.1. The molecule has 2 aromatic carbocycles. The Labute approximate surface area is 186 Å². The van der Waals surface area contributed by atoms with E-state index in [2.05, 4.69) is 10.6 Å². The summed E-state index contributed by atoms with van der Waals surface area (Å²) in [5.41, 5.74) is 1.08. The molecule has 2 rings (SSSR count). The van der Waals surface area contributed by atoms with Crippen LogP contribution in [0.4, 0.5) is 5.69 Å². The van der Waals surface area contributed by atoms with E-state index >= 15 is 0 Å². The summed E-state index contributed by atoms with van der Waals surface area (Å²) in [7, 11) is 1.44. The van der Waals surface area contributed by atoms with Crippen molar-refractivity contribution in [3.05, 3.63) is 59.7 Å². The van der Waals surface area contributed by atoms with E-state index in [1.54, 1.807) is 36.4 Å². The van der Waals surface area contributed by atoms with E-state index in [4.69, 9.17) is 14.2 Å². The Kier molecular flexibility index (Phi) is 9.70. The van der Waals surface area contributed by atoms with E-state index in [0.29, 0.717) is 23.6 Å². The number of para-hydroxylation sites is 1. The number of amides is 2. The number of methoxy groups -OCH3 is 1. The fourth-order valence-electron chi connectivity index (χ4n) is 2.56. The number of ether oxygens (including phenoxy) is 3. The molecule has 0 aliphatic heterocycles. The number of rotatable bonds is 11. The first-order chi connectivity index (χ1) is 15.4. The third-order valence-electron chi connectivity index (χ3n) is 4.24. The Hall–Kier alpha value is -3.88. The first-order valence-corrected chi connectivity index (χ1v) is 10.1. The monoisotopic (exact) mass is 442 g/mol. The van der Waals surface area contributed by atoms with Crippen LogP contribution in [0.5, 0.6) is 5.75 Å². The average Bonchev–Trinajstić information content (AvgIpc) is 2.81. The maximum Gasteiger partial charge on any atom is 0.338 e. The molecule has 0 spiro atoms. The van der Waals surface area contributed by atoms with Crippen molar-refractivity contribution in [2.45, 2.75) is 19.8 Å². The second-order valence-electron chi connectivity index (χ2n) is 6.66. The van der Waals surface area contributed by atoms with Crippen LogP contribution >= 0.6 is 0 Å². The van der Waals surface area contributed by atoms with E-state index < -0.39 is 36.9 Å². The number of hydrogen-bond acceptors (Lipinski definition) is 7. The normalized spacial score (nSPS) is 10.1. The highest BCUT2D eigenvalue weighted by molar-refractivity contribution is 5.98. The number of hydrogen-bond donors (Lipinski definition) is 2. The summed E-state index contributed by atoms with van der Waals surface area (Å²) >= 11 is 0. The average molecular weight is 442 g/mol. The highest BCUT2D eigenvalue weighted by Crippen LogP contribution is 2.16. The molecule has 0 fully saturated rings. The third-order valence-corrected chi connectivity index (χ3v) is 4.24. The van der Waals surface area contributed by atoms with Crippen molar-refractivity contribution in [3.8, 4) is 5.75 Å². The van der Waals surface area contributed by atoms with Gasteiger partial charge in [0, 0.05) is 5.69 Å². The standard InChI is InChI=1S/C23H26N2O7/c1-3-4-13-31-23(29)16-9-11-17(12-10-16)25-20(26)15-32-21(27)14-24-22(28)18-7-5-6-8-19(18)30-2/h5-12H,3-4,13-15H2,1-2H3,(H,24,28)(H,25,26). The third kappa shape index (κ3) is 7.75. The topological polar surface area (TPSA) is 120 Å². The number of esters is 2. The van der Waals surface area contributed by atoms with Gasteiger partial charge < -0.3 is 24.8 Å². The molecule has 0 unspecified atom stereocenters. The van der Waals surface area contributed by atoms with Gasteiger partial charge in [-0.25, -0.2) is 4.79 Å². The fraction of sp³-hybridized carbons (Fsp3) is 0.304. The lowest BCUT2D eigenvalue weighted by Gasteiger charge is -2.10. The minimum atomic E-state index is -0.770. The number of anilines is 1. The van der Waals surface area contributed by atoms with Crippen molar-refractivity contribution in [1.29, 1.82) is 0 Å². The van der Waals surface area contributed by atoms with Crippen molar-refractivity contribution < 1.29 is 33.4 Å². The minimum Gasteiger partial charge on any atom is -0.496 e. The molecule has 0 bridgehead atoms. The molecule has 9 heteroatoms. The van der Waals surface area contributed by atoms with Crippen LogP contribution in [0.15, 0.2) is 48.5 Å². The fourth-order valence-corrected chi connectivity index (χ4v) is 2.56. The van der Waals surface area contributed by atoms with Gasteiger partial charge in [0.05, 0.1) is 24.8 Å². The summed E-state index contributed by atoms with van der Waals surface area (Å²) in [4.78, 5) is 47.8. The Morgan fingerprint density at radius 3 is 2.34 bits per heavy atom. The predicted molar refractivity (Wildman–Crippen MR) is 117 cm³/mol. The van der Waals surface area contributed by atoms with Gasteiger partial charge in [-0.3, -0.25) is 14.4 Å². The molecular weight excluding hydrogens is 416 g/mol. The molecule has 32 heavy (non-hydrogen) atoms. The van der Waals surface area contributed by atoms with Gasteiger partial charge in [0.2, 0.25) is 0 Å². The lowest BCUT2D eigenvalue weighted by Crippen LogP contribution is -2.32. The Balaban J connectivity index is 1.73. The second-order valence-corrected chi connectivity index (χ2v) is 6.66. The van der Waals surface area contributed by atoms with Crippen LogP contribution in [0.1, 0.15) is 40.5 Å². The van der Waals surface area contributed by atoms with Crippen LogP contribution in [0, 0.1) is 0 Å². The zero-order valence-corrected chi connectivity index (χ0v) is 18.0. The van der Waals surface area contributed by atoms with Gasteiger partial charge in [0.15, 0.2) is 6.61 Å². The summed E-state index contributed by atoms with van der Waals surface area (Å²) in [6.07, 6.45) is 1.72. The van der Waals surface area contributed by atoms with E-state index in [-0.39, 0.29) is 5.56 Å². The second kappa shape index (κ2) is 12.7. The molecule has 0 aliphatic rings. The highest BCUT2D eigenvalue weighted by Gasteiger charge is 2.14. The summed E-state index contributed by atoms with van der Waals surface area (Å²) in [6.45, 7) is 1.43. The molecule has 0 saturated heterocycles. The van der Waals surface area contributed by atoms with Crippen LogP contribution in [0.25, 0.3) is 0 Å². The zero-order chi connectivity index (χ0) is 23.3. The largest absolute Gasteiger partial charge is 0.496 e. The number of carbonyl (C=O) groups is 4. The van der Waals surface area contributed by atoms with Gasteiger partial charge in [0.1, 0.15) is 12.3 Å². The van der Waals surface area contributed by atoms with E-state index in [1.165, 1.54) is 19.2 Å². The van der Waals surface area contributed by atoms with Crippen molar-refractivity contribution in [1.82, 2.24) is 5.32 Å². The Morgan fingerprint density at radius 2 is 1.66 bits per heavy atom. The van der Waals surface area contributed by atoms with Crippen LogP contribution in [0.2, 0.25) is 0 Å². The smallest absolute Gasteiger partial charge is 0.338 e. The van der Waals surface area contributed by atoms with Crippen molar-refractivity contribution in [3.63, 3.8) is 0 Å². The van der Waals surface area contributed by atoms with Crippen LogP contribution in [-0.4, -0.2) is 50.6 Å². The lowest BCUT2D eigenvalue weighted by atomic mass is 10.2. The van der Waals surface area contributed by atoms with Gasteiger partial charge in [-0.2, -0.15) is 0 Å². The number of unbranched alkanes of at least 4 members (excludes halogenated alkanes) is 1. The van der Waals surface area contributed by atoms with Gasteiger partial charge in [-0.05, 0) is 42.8 Å². The van der Waals surface area contributed by atoms with Crippen LogP contribution in [-0.2, 0) is 19.1 Å². The molecular formula is C23H26N2O7. The quantitative estimate of drug-likeness (QED) is 0.405. The zero-order valence-electron chi connectivity index (χ0n) is 18.0. The van der Waals surface area contributed by atoms with E-state index in [0.717, 1.165) is 12.8 Å². The van der Waals surface area contributed by atoms with Crippen molar-refractivity contribution in [2.24, 2.45) is 0 Å². The van der Waals surface area contributed by atoms with Crippen LogP contribution in [0.3, 0.4) is 0 Å². The molecule has 9 nitrogen and oxygen atoms in total. The number of carbonyl (C=O) groups excluding carboxylic acids is 4. The maximum atomic E-state index is 12.1. The van der Waals surface area contributed by atoms with Gasteiger partial charge in [-0.1, -0.05) is 25.5 Å². The molecule has 2 aromatic rings. The molecule has 0 aliphatic carbocycles. The molecule has 2 N–H and O–H groups in total. The summed E-state index contributed by atoms with van der Waals surface area (Å²) in [5, 5.41) is 4.96. The molecule has 170 valence electrons. The first kappa shape index (κ1) is 24.4. The molecule has 2 amide bonds. The Bertz CT molecular complexity index is 942. The summed E-state index contributed by atoms with van der Waals surface area (Å²) in [6, 6.07) is 12.7. The summed E-state index contributed by atoms with van der Waals surface area (Å²) < 4.78 is 15.1. The van der Waals surface area contributed by atoms with Crippen LogP contribution < -0.4 is 15.4 Å². The van der Waals surface area contributed by atoms with E-state index in [9.17, 15) is 19.2 Å². The lowest BCUT2D eigenvalue weighted by molar-refractivity contribution is -0.146. The number of nitrogens with one attached hydrogen (secondary N) is 2. The van der Waals surface area contributed by atoms with Crippen molar-refractivity contribution in [2.75, 3.05) is 32.2 Å². The molecule has 0 heterocycles. The molecule has 0 radical (unpaired) electrons. The molecule has 0 atom stereocenters. The van der Waals surface area contributed by atoms with Gasteiger partial charge in [0.25, 0.3) is 11.8 Å². The molecule has 0 aromatic heterocycles. The highest BCUT2D eigenvalue weighted by atomic mass is 16.5. The number of benzene rings is 2. The maximum absolute atomic E-state index is 12.1. The molecule has 0 saturated carbocycles. The predicted octanol–water partition coefficient (Wildman–Crippen LogP) is 2.56.